The van der Waals surface area contributed by atoms with Crippen LogP contribution in [-0.2, 0) is 7.05 Å². The first kappa shape index (κ1) is 16.4. The highest BCUT2D eigenvalue weighted by Gasteiger charge is 2.21. The fourth-order valence-electron chi connectivity index (χ4n) is 3.37. The van der Waals surface area contributed by atoms with Crippen molar-refractivity contribution < 1.29 is 4.42 Å². The lowest BCUT2D eigenvalue weighted by molar-refractivity contribution is 0.533. The van der Waals surface area contributed by atoms with Crippen LogP contribution in [-0.4, -0.2) is 34.7 Å². The Kier molecular flexibility index (Phi) is 3.58. The molecule has 0 amide bonds. The van der Waals surface area contributed by atoms with E-state index in [0.29, 0.717) is 11.8 Å². The number of fused-ring (bicyclic) bond motifs is 1. The maximum Gasteiger partial charge on any atom is 0.248 e. The average Bonchev–Trinajstić information content (AvgIpc) is 3.41. The second kappa shape index (κ2) is 6.12. The summed E-state index contributed by atoms with van der Waals surface area (Å²) in [5.74, 6) is 0.958. The third-order valence-electron chi connectivity index (χ3n) is 4.65. The van der Waals surface area contributed by atoms with Crippen molar-refractivity contribution >= 4 is 11.0 Å². The van der Waals surface area contributed by atoms with E-state index in [1.807, 2.05) is 61.1 Å². The molecule has 0 fully saturated rings. The van der Waals surface area contributed by atoms with Crippen molar-refractivity contribution in [3.63, 3.8) is 0 Å². The van der Waals surface area contributed by atoms with E-state index < -0.39 is 0 Å². The van der Waals surface area contributed by atoms with Gasteiger partial charge in [-0.3, -0.25) is 4.68 Å². The quantitative estimate of drug-likeness (QED) is 0.482. The Hall–Kier alpha value is -3.81. The van der Waals surface area contributed by atoms with Gasteiger partial charge in [-0.05, 0) is 31.2 Å². The van der Waals surface area contributed by atoms with Crippen LogP contribution in [0.4, 0.5) is 0 Å². The molecule has 0 aliphatic rings. The van der Waals surface area contributed by atoms with Gasteiger partial charge in [0.25, 0.3) is 0 Å². The lowest BCUT2D eigenvalue weighted by atomic mass is 10.1. The summed E-state index contributed by atoms with van der Waals surface area (Å²) in [4.78, 5) is 4.92. The van der Waals surface area contributed by atoms with E-state index >= 15 is 0 Å². The van der Waals surface area contributed by atoms with Crippen LogP contribution in [0.15, 0.2) is 53.1 Å². The maximum atomic E-state index is 5.74. The Morgan fingerprint density at radius 1 is 1.00 bits per heavy atom. The predicted octanol–water partition coefficient (Wildman–Crippen LogP) is 3.49. The lowest BCUT2D eigenvalue weighted by Crippen LogP contribution is -2.00. The molecule has 0 saturated carbocycles. The van der Waals surface area contributed by atoms with E-state index in [4.69, 9.17) is 14.5 Å². The van der Waals surface area contributed by atoms with Crippen LogP contribution in [0.5, 0.6) is 0 Å². The molecule has 5 rings (SSSR count). The first-order chi connectivity index (χ1) is 13.6. The van der Waals surface area contributed by atoms with E-state index in [2.05, 4.69) is 15.3 Å². The van der Waals surface area contributed by atoms with Gasteiger partial charge < -0.3 is 4.42 Å². The summed E-state index contributed by atoms with van der Waals surface area (Å²) in [6.45, 7) is 3.73. The summed E-state index contributed by atoms with van der Waals surface area (Å²) in [7, 11) is 1.89. The molecule has 0 atom stereocenters. The molecule has 1 aromatic carbocycles. The topological polar surface area (TPSA) is 87.5 Å². The molecule has 0 aliphatic heterocycles. The number of nitrogens with zero attached hydrogens (tertiary/aromatic N) is 7. The molecular formula is C20H17N7O. The first-order valence-corrected chi connectivity index (χ1v) is 8.86. The second-order valence-electron chi connectivity index (χ2n) is 6.55. The number of benzene rings is 1. The SMILES string of the molecule is Cc1nnc(-c2cc(-c3ccnn3C)nc3c2c(C)nn3-c2ccccc2)o1. The van der Waals surface area contributed by atoms with Crippen molar-refractivity contribution in [3.05, 3.63) is 60.2 Å². The largest absolute Gasteiger partial charge is 0.421 e. The highest BCUT2D eigenvalue weighted by atomic mass is 16.4. The Labute approximate surface area is 160 Å². The third kappa shape index (κ3) is 2.50. The van der Waals surface area contributed by atoms with Crippen LogP contribution in [0, 0.1) is 13.8 Å². The van der Waals surface area contributed by atoms with Crippen LogP contribution in [0.1, 0.15) is 11.6 Å². The minimum Gasteiger partial charge on any atom is -0.421 e. The van der Waals surface area contributed by atoms with Crippen molar-refractivity contribution in [3.8, 4) is 28.5 Å². The zero-order valence-electron chi connectivity index (χ0n) is 15.7. The van der Waals surface area contributed by atoms with E-state index in [1.54, 1.807) is 17.8 Å². The van der Waals surface area contributed by atoms with Gasteiger partial charge in [-0.2, -0.15) is 10.2 Å². The van der Waals surface area contributed by atoms with Gasteiger partial charge in [-0.15, -0.1) is 10.2 Å². The molecule has 0 spiro atoms. The summed E-state index contributed by atoms with van der Waals surface area (Å²) >= 11 is 0. The first-order valence-electron chi connectivity index (χ1n) is 8.86. The monoisotopic (exact) mass is 371 g/mol. The standard InChI is InChI=1S/C20H17N7O/c1-12-18-15(20-24-23-13(2)28-20)11-16(17-9-10-21-26(17)3)22-19(18)27(25-12)14-7-5-4-6-8-14/h4-11H,1-3H3. The van der Waals surface area contributed by atoms with Crippen LogP contribution in [0.3, 0.4) is 0 Å². The number of aromatic nitrogens is 7. The third-order valence-corrected chi connectivity index (χ3v) is 4.65. The summed E-state index contributed by atoms with van der Waals surface area (Å²) in [5, 5.41) is 18.1. The van der Waals surface area contributed by atoms with E-state index in [1.165, 1.54) is 0 Å². The zero-order chi connectivity index (χ0) is 19.3. The lowest BCUT2D eigenvalue weighted by Gasteiger charge is -2.07. The van der Waals surface area contributed by atoms with E-state index in [9.17, 15) is 0 Å². The molecule has 0 saturated heterocycles. The van der Waals surface area contributed by atoms with Gasteiger partial charge in [0.1, 0.15) is 0 Å². The Bertz CT molecular complexity index is 1300. The summed E-state index contributed by atoms with van der Waals surface area (Å²) in [6.07, 6.45) is 1.75. The van der Waals surface area contributed by atoms with Gasteiger partial charge in [-0.25, -0.2) is 9.67 Å². The van der Waals surface area contributed by atoms with Gasteiger partial charge in [0.05, 0.1) is 33.7 Å². The van der Waals surface area contributed by atoms with Gasteiger partial charge in [0.15, 0.2) is 5.65 Å². The second-order valence-corrected chi connectivity index (χ2v) is 6.55. The molecule has 4 heterocycles. The van der Waals surface area contributed by atoms with Crippen molar-refractivity contribution in [2.75, 3.05) is 0 Å². The minimum atomic E-state index is 0.448. The molecular weight excluding hydrogens is 354 g/mol. The fraction of sp³-hybridized carbons (Fsp3) is 0.150. The molecule has 4 aromatic heterocycles. The van der Waals surface area contributed by atoms with Crippen molar-refractivity contribution in [2.45, 2.75) is 13.8 Å². The number of para-hydroxylation sites is 1. The van der Waals surface area contributed by atoms with Gasteiger partial charge >= 0.3 is 0 Å². The number of aryl methyl sites for hydroxylation is 3. The summed E-state index contributed by atoms with van der Waals surface area (Å²) in [6, 6.07) is 13.8. The van der Waals surface area contributed by atoms with E-state index in [0.717, 1.165) is 39.4 Å². The van der Waals surface area contributed by atoms with Gasteiger partial charge in [-0.1, -0.05) is 18.2 Å². The highest BCUT2D eigenvalue weighted by molar-refractivity contribution is 5.95. The Morgan fingerprint density at radius 2 is 1.82 bits per heavy atom. The summed E-state index contributed by atoms with van der Waals surface area (Å²) < 4.78 is 9.37. The predicted molar refractivity (Wildman–Crippen MR) is 104 cm³/mol. The molecule has 8 nitrogen and oxygen atoms in total. The van der Waals surface area contributed by atoms with Crippen molar-refractivity contribution in [1.82, 2.24) is 34.7 Å². The molecule has 8 heteroatoms. The number of rotatable bonds is 3. The molecule has 5 aromatic rings. The average molecular weight is 371 g/mol. The highest BCUT2D eigenvalue weighted by Crippen LogP contribution is 2.34. The minimum absolute atomic E-state index is 0.448. The number of pyridine rings is 1. The molecule has 0 N–H and O–H groups in total. The fourth-order valence-corrected chi connectivity index (χ4v) is 3.37. The van der Waals surface area contributed by atoms with Crippen LogP contribution >= 0.6 is 0 Å². The van der Waals surface area contributed by atoms with Crippen molar-refractivity contribution in [2.24, 2.45) is 7.05 Å². The molecule has 138 valence electrons. The Morgan fingerprint density at radius 3 is 2.50 bits per heavy atom. The van der Waals surface area contributed by atoms with E-state index in [-0.39, 0.29) is 0 Å². The normalized spacial score (nSPS) is 11.4. The van der Waals surface area contributed by atoms with Gasteiger partial charge in [0, 0.05) is 20.2 Å². The molecule has 0 unspecified atom stereocenters. The van der Waals surface area contributed by atoms with Crippen LogP contribution < -0.4 is 0 Å². The molecule has 28 heavy (non-hydrogen) atoms. The number of hydrogen-bond donors (Lipinski definition) is 0. The summed E-state index contributed by atoms with van der Waals surface area (Å²) in [5.41, 5.74) is 4.96. The van der Waals surface area contributed by atoms with Gasteiger partial charge in [0.2, 0.25) is 11.8 Å². The Balaban J connectivity index is 1.87. The van der Waals surface area contributed by atoms with Crippen LogP contribution in [0.25, 0.3) is 39.6 Å². The molecule has 0 radical (unpaired) electrons. The van der Waals surface area contributed by atoms with Crippen LogP contribution in [0.2, 0.25) is 0 Å². The maximum absolute atomic E-state index is 5.74. The smallest absolute Gasteiger partial charge is 0.248 e. The number of hydrogen-bond acceptors (Lipinski definition) is 6. The van der Waals surface area contributed by atoms with Crippen molar-refractivity contribution in [1.29, 1.82) is 0 Å². The molecule has 0 bridgehead atoms. The zero-order valence-corrected chi connectivity index (χ0v) is 15.7. The molecule has 0 aliphatic carbocycles.